The third-order valence-corrected chi connectivity index (χ3v) is 4.08. The molecule has 110 valence electrons. The van der Waals surface area contributed by atoms with E-state index < -0.39 is 0 Å². The number of fused-ring (bicyclic) bond motifs is 1. The number of non-ortho nitro benzene ring substituents is 1. The molecule has 1 aromatic carbocycles. The van der Waals surface area contributed by atoms with Crippen LogP contribution in [-0.4, -0.2) is 28.5 Å². The largest absolute Gasteiger partial charge is 0.354 e. The molecule has 2 aromatic rings. The second-order valence-electron chi connectivity index (χ2n) is 5.63. The van der Waals surface area contributed by atoms with Gasteiger partial charge in [-0.25, -0.2) is 4.98 Å². The van der Waals surface area contributed by atoms with Crippen molar-refractivity contribution in [3.8, 4) is 0 Å². The van der Waals surface area contributed by atoms with Crippen molar-refractivity contribution in [2.45, 2.75) is 31.8 Å². The van der Waals surface area contributed by atoms with Gasteiger partial charge >= 0.3 is 0 Å². The number of piperidine rings is 1. The van der Waals surface area contributed by atoms with Crippen LogP contribution in [0.15, 0.2) is 30.3 Å². The minimum Gasteiger partial charge on any atom is -0.354 e. The summed E-state index contributed by atoms with van der Waals surface area (Å²) in [5.74, 6) is 0.913. The van der Waals surface area contributed by atoms with Gasteiger partial charge in [-0.1, -0.05) is 0 Å². The van der Waals surface area contributed by atoms with Gasteiger partial charge in [-0.2, -0.15) is 0 Å². The molecule has 1 fully saturated rings. The number of nitrogens with two attached hydrogens (primary N) is 1. The van der Waals surface area contributed by atoms with Gasteiger partial charge in [0, 0.05) is 36.1 Å². The van der Waals surface area contributed by atoms with Crippen molar-refractivity contribution >= 4 is 22.4 Å². The number of benzene rings is 1. The van der Waals surface area contributed by atoms with E-state index in [0.717, 1.165) is 36.1 Å². The fourth-order valence-corrected chi connectivity index (χ4v) is 2.92. The summed E-state index contributed by atoms with van der Waals surface area (Å²) in [4.78, 5) is 17.3. The Labute approximate surface area is 122 Å². The van der Waals surface area contributed by atoms with Crippen molar-refractivity contribution in [1.29, 1.82) is 0 Å². The van der Waals surface area contributed by atoms with E-state index in [1.165, 1.54) is 6.07 Å². The molecule has 6 heteroatoms. The van der Waals surface area contributed by atoms with Crippen molar-refractivity contribution in [2.24, 2.45) is 5.73 Å². The molecule has 1 saturated heterocycles. The molecule has 1 aromatic heterocycles. The van der Waals surface area contributed by atoms with Crippen molar-refractivity contribution in [2.75, 3.05) is 11.4 Å². The Morgan fingerprint density at radius 2 is 2.19 bits per heavy atom. The van der Waals surface area contributed by atoms with Crippen molar-refractivity contribution in [3.63, 3.8) is 0 Å². The lowest BCUT2D eigenvalue weighted by Crippen LogP contribution is -2.45. The van der Waals surface area contributed by atoms with Gasteiger partial charge in [-0.05, 0) is 38.0 Å². The second kappa shape index (κ2) is 5.29. The zero-order valence-electron chi connectivity index (χ0n) is 11.9. The van der Waals surface area contributed by atoms with Crippen LogP contribution in [0.2, 0.25) is 0 Å². The molecule has 1 aliphatic rings. The third kappa shape index (κ3) is 2.67. The molecular formula is C15H18N4O2. The highest BCUT2D eigenvalue weighted by Crippen LogP contribution is 2.26. The second-order valence-corrected chi connectivity index (χ2v) is 5.63. The van der Waals surface area contributed by atoms with Crippen molar-refractivity contribution in [3.05, 3.63) is 40.4 Å². The fraction of sp³-hybridized carbons (Fsp3) is 0.400. The van der Waals surface area contributed by atoms with Crippen molar-refractivity contribution < 1.29 is 4.92 Å². The molecular weight excluding hydrogens is 268 g/mol. The summed E-state index contributed by atoms with van der Waals surface area (Å²) in [6.45, 7) is 3.05. The molecule has 3 rings (SSSR count). The van der Waals surface area contributed by atoms with Gasteiger partial charge in [0.15, 0.2) is 0 Å². The minimum atomic E-state index is -0.387. The fourth-order valence-electron chi connectivity index (χ4n) is 2.92. The number of anilines is 1. The van der Waals surface area contributed by atoms with Crippen LogP contribution in [0.1, 0.15) is 19.8 Å². The van der Waals surface area contributed by atoms with Crippen LogP contribution in [0.5, 0.6) is 0 Å². The molecule has 0 bridgehead atoms. The Bertz CT molecular complexity index is 688. The summed E-state index contributed by atoms with van der Waals surface area (Å²) in [6, 6.07) is 9.20. The molecule has 0 amide bonds. The Hall–Kier alpha value is -2.21. The zero-order chi connectivity index (χ0) is 15.0. The highest BCUT2D eigenvalue weighted by molar-refractivity contribution is 5.82. The van der Waals surface area contributed by atoms with Crippen LogP contribution in [0.4, 0.5) is 11.5 Å². The molecule has 2 unspecified atom stereocenters. The van der Waals surface area contributed by atoms with Gasteiger partial charge < -0.3 is 10.6 Å². The molecule has 0 aliphatic carbocycles. The summed E-state index contributed by atoms with van der Waals surface area (Å²) in [6.07, 6.45) is 1.92. The Kier molecular flexibility index (Phi) is 3.47. The number of hydrogen-bond donors (Lipinski definition) is 1. The van der Waals surface area contributed by atoms with Gasteiger partial charge in [-0.15, -0.1) is 0 Å². The van der Waals surface area contributed by atoms with E-state index in [4.69, 9.17) is 5.73 Å². The first-order chi connectivity index (χ1) is 10.0. The highest BCUT2D eigenvalue weighted by atomic mass is 16.6. The van der Waals surface area contributed by atoms with E-state index in [2.05, 4.69) is 16.8 Å². The summed E-state index contributed by atoms with van der Waals surface area (Å²) < 4.78 is 0. The maximum atomic E-state index is 10.8. The molecule has 0 spiro atoms. The van der Waals surface area contributed by atoms with E-state index in [1.807, 2.05) is 12.1 Å². The first-order valence-corrected chi connectivity index (χ1v) is 7.12. The van der Waals surface area contributed by atoms with Crippen LogP contribution in [0.25, 0.3) is 10.9 Å². The molecule has 6 nitrogen and oxygen atoms in total. The van der Waals surface area contributed by atoms with Crippen molar-refractivity contribution in [1.82, 2.24) is 4.98 Å². The van der Waals surface area contributed by atoms with E-state index in [9.17, 15) is 10.1 Å². The van der Waals surface area contributed by atoms with Gasteiger partial charge in [0.25, 0.3) is 5.69 Å². The Morgan fingerprint density at radius 3 is 2.90 bits per heavy atom. The van der Waals surface area contributed by atoms with Gasteiger partial charge in [-0.3, -0.25) is 10.1 Å². The van der Waals surface area contributed by atoms with Gasteiger partial charge in [0.1, 0.15) is 5.82 Å². The lowest BCUT2D eigenvalue weighted by atomic mass is 9.99. The lowest BCUT2D eigenvalue weighted by molar-refractivity contribution is -0.384. The summed E-state index contributed by atoms with van der Waals surface area (Å²) in [5, 5.41) is 11.6. The molecule has 2 atom stereocenters. The van der Waals surface area contributed by atoms with Crippen LogP contribution in [0.3, 0.4) is 0 Å². The van der Waals surface area contributed by atoms with Crippen LogP contribution in [-0.2, 0) is 0 Å². The standard InChI is InChI=1S/C15H18N4O2/c1-10-8-12(16)6-7-18(10)15-5-2-11-9-13(19(20)21)3-4-14(11)17-15/h2-5,9-10,12H,6-8,16H2,1H3. The average molecular weight is 286 g/mol. The summed E-state index contributed by atoms with van der Waals surface area (Å²) >= 11 is 0. The number of pyridine rings is 1. The van der Waals surface area contributed by atoms with E-state index in [0.29, 0.717) is 6.04 Å². The number of nitro groups is 1. The van der Waals surface area contributed by atoms with Crippen LogP contribution in [0, 0.1) is 10.1 Å². The summed E-state index contributed by atoms with van der Waals surface area (Å²) in [5.41, 5.74) is 6.86. The normalized spacial score (nSPS) is 22.5. The maximum Gasteiger partial charge on any atom is 0.270 e. The molecule has 2 N–H and O–H groups in total. The van der Waals surface area contributed by atoms with Crippen LogP contribution < -0.4 is 10.6 Å². The van der Waals surface area contributed by atoms with E-state index in [-0.39, 0.29) is 16.7 Å². The molecule has 1 aliphatic heterocycles. The first kappa shape index (κ1) is 13.8. The number of rotatable bonds is 2. The monoisotopic (exact) mass is 286 g/mol. The quantitative estimate of drug-likeness (QED) is 0.677. The summed E-state index contributed by atoms with van der Waals surface area (Å²) in [7, 11) is 0. The minimum absolute atomic E-state index is 0.0920. The molecule has 0 saturated carbocycles. The van der Waals surface area contributed by atoms with Gasteiger partial charge in [0.2, 0.25) is 0 Å². The highest BCUT2D eigenvalue weighted by Gasteiger charge is 2.24. The predicted octanol–water partition coefficient (Wildman–Crippen LogP) is 2.46. The Balaban J connectivity index is 1.94. The zero-order valence-corrected chi connectivity index (χ0v) is 11.9. The first-order valence-electron chi connectivity index (χ1n) is 7.12. The van der Waals surface area contributed by atoms with Gasteiger partial charge in [0.05, 0.1) is 10.4 Å². The predicted molar refractivity (Wildman–Crippen MR) is 82.4 cm³/mol. The number of nitrogens with zero attached hydrogens (tertiary/aromatic N) is 3. The molecule has 21 heavy (non-hydrogen) atoms. The molecule has 2 heterocycles. The third-order valence-electron chi connectivity index (χ3n) is 4.08. The number of aromatic nitrogens is 1. The SMILES string of the molecule is CC1CC(N)CCN1c1ccc2cc([N+](=O)[O-])ccc2n1. The van der Waals surface area contributed by atoms with E-state index in [1.54, 1.807) is 12.1 Å². The maximum absolute atomic E-state index is 10.8. The lowest BCUT2D eigenvalue weighted by Gasteiger charge is -2.37. The number of hydrogen-bond acceptors (Lipinski definition) is 5. The molecule has 0 radical (unpaired) electrons. The topological polar surface area (TPSA) is 85.3 Å². The number of nitro benzene ring substituents is 1. The van der Waals surface area contributed by atoms with Crippen LogP contribution >= 0.6 is 0 Å². The van der Waals surface area contributed by atoms with E-state index >= 15 is 0 Å². The Morgan fingerprint density at radius 1 is 1.38 bits per heavy atom. The average Bonchev–Trinajstić information content (AvgIpc) is 2.46. The smallest absolute Gasteiger partial charge is 0.270 e.